The first-order valence-electron chi connectivity index (χ1n) is 6.98. The summed E-state index contributed by atoms with van der Waals surface area (Å²) in [6, 6.07) is 8.88. The number of anilines is 2. The molecule has 1 aliphatic rings. The monoisotopic (exact) mass is 256 g/mol. The molecule has 1 aliphatic heterocycles. The van der Waals surface area contributed by atoms with Crippen LogP contribution in [0.2, 0.25) is 0 Å². The fraction of sp³-hybridized carbons (Fsp3) is 0.400. The number of aromatic nitrogens is 2. The lowest BCUT2D eigenvalue weighted by Gasteiger charge is -2.28. The van der Waals surface area contributed by atoms with E-state index in [4.69, 9.17) is 0 Å². The van der Waals surface area contributed by atoms with Gasteiger partial charge in [0, 0.05) is 31.5 Å². The van der Waals surface area contributed by atoms with Gasteiger partial charge in [-0.2, -0.15) is 5.10 Å². The van der Waals surface area contributed by atoms with Crippen LogP contribution in [0.3, 0.4) is 0 Å². The Balaban J connectivity index is 1.58. The maximum atomic E-state index is 3.92. The van der Waals surface area contributed by atoms with Crippen LogP contribution < -0.4 is 10.2 Å². The molecule has 2 aromatic rings. The van der Waals surface area contributed by atoms with Crippen LogP contribution in [0.1, 0.15) is 24.8 Å². The highest BCUT2D eigenvalue weighted by Crippen LogP contribution is 2.20. The summed E-state index contributed by atoms with van der Waals surface area (Å²) in [5.41, 5.74) is 3.67. The Bertz CT molecular complexity index is 483. The Morgan fingerprint density at radius 2 is 1.89 bits per heavy atom. The molecule has 1 saturated heterocycles. The number of nitrogens with zero attached hydrogens (tertiary/aromatic N) is 2. The molecule has 1 fully saturated rings. The largest absolute Gasteiger partial charge is 0.378 e. The molecule has 0 unspecified atom stereocenters. The second-order valence-corrected chi connectivity index (χ2v) is 5.05. The van der Waals surface area contributed by atoms with Gasteiger partial charge >= 0.3 is 0 Å². The molecule has 0 saturated carbocycles. The van der Waals surface area contributed by atoms with Gasteiger partial charge in [-0.3, -0.25) is 5.10 Å². The van der Waals surface area contributed by atoms with Gasteiger partial charge in [-0.15, -0.1) is 0 Å². The standard InChI is InChI=1S/C15H20N4/c1-2-8-19(9-3-1)15-6-4-13(5-7-15)10-16-14-11-17-18-12-14/h4-7,11-12,16H,1-3,8-10H2,(H,17,18). The molecule has 1 aromatic carbocycles. The zero-order chi connectivity index (χ0) is 12.9. The minimum atomic E-state index is 0.833. The summed E-state index contributed by atoms with van der Waals surface area (Å²) in [7, 11) is 0. The molecule has 0 amide bonds. The second kappa shape index (κ2) is 5.78. The molecular formula is C15H20N4. The van der Waals surface area contributed by atoms with E-state index in [-0.39, 0.29) is 0 Å². The number of rotatable bonds is 4. The van der Waals surface area contributed by atoms with Gasteiger partial charge in [0.2, 0.25) is 0 Å². The van der Waals surface area contributed by atoms with Gasteiger partial charge in [0.25, 0.3) is 0 Å². The fourth-order valence-electron chi connectivity index (χ4n) is 2.53. The lowest BCUT2D eigenvalue weighted by atomic mass is 10.1. The first-order chi connectivity index (χ1) is 9.42. The van der Waals surface area contributed by atoms with E-state index in [1.807, 2.05) is 6.20 Å². The van der Waals surface area contributed by atoms with E-state index in [2.05, 4.69) is 44.7 Å². The fourth-order valence-corrected chi connectivity index (χ4v) is 2.53. The van der Waals surface area contributed by atoms with Crippen molar-refractivity contribution >= 4 is 11.4 Å². The molecule has 4 heteroatoms. The van der Waals surface area contributed by atoms with Crippen LogP contribution in [0, 0.1) is 0 Å². The average Bonchev–Trinajstić information content (AvgIpc) is 3.00. The van der Waals surface area contributed by atoms with Crippen LogP contribution in [0.25, 0.3) is 0 Å². The molecule has 3 rings (SSSR count). The number of nitrogens with one attached hydrogen (secondary N) is 2. The summed E-state index contributed by atoms with van der Waals surface area (Å²) in [6.07, 6.45) is 7.68. The number of aromatic amines is 1. The predicted octanol–water partition coefficient (Wildman–Crippen LogP) is 3.01. The topological polar surface area (TPSA) is 44.0 Å². The van der Waals surface area contributed by atoms with Crippen LogP contribution in [0.5, 0.6) is 0 Å². The predicted molar refractivity (Wildman–Crippen MR) is 78.4 cm³/mol. The highest BCUT2D eigenvalue weighted by molar-refractivity contribution is 5.48. The molecule has 0 atom stereocenters. The van der Waals surface area contributed by atoms with Crippen LogP contribution in [-0.2, 0) is 6.54 Å². The lowest BCUT2D eigenvalue weighted by Crippen LogP contribution is -2.29. The van der Waals surface area contributed by atoms with E-state index in [1.54, 1.807) is 6.20 Å². The maximum absolute atomic E-state index is 3.92. The third-order valence-electron chi connectivity index (χ3n) is 3.65. The van der Waals surface area contributed by atoms with E-state index >= 15 is 0 Å². The average molecular weight is 256 g/mol. The number of H-pyrrole nitrogens is 1. The van der Waals surface area contributed by atoms with E-state index in [0.29, 0.717) is 0 Å². The molecule has 1 aromatic heterocycles. The van der Waals surface area contributed by atoms with E-state index in [9.17, 15) is 0 Å². The summed E-state index contributed by atoms with van der Waals surface area (Å²) < 4.78 is 0. The van der Waals surface area contributed by atoms with Crippen LogP contribution in [0.4, 0.5) is 11.4 Å². The molecule has 2 heterocycles. The van der Waals surface area contributed by atoms with Crippen LogP contribution >= 0.6 is 0 Å². The molecule has 0 bridgehead atoms. The molecule has 19 heavy (non-hydrogen) atoms. The molecule has 100 valence electrons. The molecule has 4 nitrogen and oxygen atoms in total. The first kappa shape index (κ1) is 12.1. The Morgan fingerprint density at radius 1 is 1.11 bits per heavy atom. The van der Waals surface area contributed by atoms with Crippen molar-refractivity contribution in [1.82, 2.24) is 10.2 Å². The summed E-state index contributed by atoms with van der Waals surface area (Å²) in [4.78, 5) is 2.48. The molecule has 0 radical (unpaired) electrons. The van der Waals surface area contributed by atoms with Gasteiger partial charge in [-0.05, 0) is 37.0 Å². The number of piperidine rings is 1. The minimum Gasteiger partial charge on any atom is -0.378 e. The zero-order valence-corrected chi connectivity index (χ0v) is 11.1. The van der Waals surface area contributed by atoms with Gasteiger partial charge in [-0.25, -0.2) is 0 Å². The van der Waals surface area contributed by atoms with E-state index < -0.39 is 0 Å². The normalized spacial score (nSPS) is 15.5. The summed E-state index contributed by atoms with van der Waals surface area (Å²) in [5, 5.41) is 10.0. The van der Waals surface area contributed by atoms with Crippen molar-refractivity contribution in [2.24, 2.45) is 0 Å². The van der Waals surface area contributed by atoms with Gasteiger partial charge in [0.15, 0.2) is 0 Å². The smallest absolute Gasteiger partial charge is 0.0726 e. The maximum Gasteiger partial charge on any atom is 0.0726 e. The Kier molecular flexibility index (Phi) is 3.68. The van der Waals surface area contributed by atoms with Crippen molar-refractivity contribution in [2.45, 2.75) is 25.8 Å². The van der Waals surface area contributed by atoms with Crippen molar-refractivity contribution in [3.05, 3.63) is 42.2 Å². The molecular weight excluding hydrogens is 236 g/mol. The van der Waals surface area contributed by atoms with Crippen molar-refractivity contribution in [1.29, 1.82) is 0 Å². The Hall–Kier alpha value is -1.97. The van der Waals surface area contributed by atoms with Crippen LogP contribution in [-0.4, -0.2) is 23.3 Å². The SMILES string of the molecule is c1cc(N2CCCCC2)ccc1CNc1cn[nH]c1. The van der Waals surface area contributed by atoms with E-state index in [1.165, 1.54) is 43.6 Å². The first-order valence-corrected chi connectivity index (χ1v) is 6.98. The highest BCUT2D eigenvalue weighted by Gasteiger charge is 2.10. The summed E-state index contributed by atoms with van der Waals surface area (Å²) in [5.74, 6) is 0. The van der Waals surface area contributed by atoms with Crippen molar-refractivity contribution in [3.63, 3.8) is 0 Å². The zero-order valence-electron chi connectivity index (χ0n) is 11.1. The van der Waals surface area contributed by atoms with Gasteiger partial charge in [0.05, 0.1) is 11.9 Å². The number of hydrogen-bond acceptors (Lipinski definition) is 3. The van der Waals surface area contributed by atoms with Crippen LogP contribution in [0.15, 0.2) is 36.7 Å². The Labute approximate surface area is 113 Å². The molecule has 0 spiro atoms. The third kappa shape index (κ3) is 3.08. The molecule has 2 N–H and O–H groups in total. The van der Waals surface area contributed by atoms with Gasteiger partial charge in [0.1, 0.15) is 0 Å². The number of hydrogen-bond donors (Lipinski definition) is 2. The summed E-state index contributed by atoms with van der Waals surface area (Å²) in [6.45, 7) is 3.24. The molecule has 0 aliphatic carbocycles. The summed E-state index contributed by atoms with van der Waals surface area (Å²) >= 11 is 0. The van der Waals surface area contributed by atoms with Gasteiger partial charge < -0.3 is 10.2 Å². The Morgan fingerprint density at radius 3 is 2.58 bits per heavy atom. The third-order valence-corrected chi connectivity index (χ3v) is 3.65. The second-order valence-electron chi connectivity index (χ2n) is 5.05. The van der Waals surface area contributed by atoms with Gasteiger partial charge in [-0.1, -0.05) is 12.1 Å². The van der Waals surface area contributed by atoms with Crippen molar-refractivity contribution in [2.75, 3.05) is 23.3 Å². The number of benzene rings is 1. The highest BCUT2D eigenvalue weighted by atomic mass is 15.1. The lowest BCUT2D eigenvalue weighted by molar-refractivity contribution is 0.578. The van der Waals surface area contributed by atoms with Crippen molar-refractivity contribution in [3.8, 4) is 0 Å². The quantitative estimate of drug-likeness (QED) is 0.883. The minimum absolute atomic E-state index is 0.833. The van der Waals surface area contributed by atoms with E-state index in [0.717, 1.165) is 12.2 Å². The van der Waals surface area contributed by atoms with Crippen molar-refractivity contribution < 1.29 is 0 Å².